The summed E-state index contributed by atoms with van der Waals surface area (Å²) >= 11 is 0. The van der Waals surface area contributed by atoms with Gasteiger partial charge in [0.1, 0.15) is 0 Å². The summed E-state index contributed by atoms with van der Waals surface area (Å²) in [5, 5.41) is 19.4. The first-order chi connectivity index (χ1) is 14.8. The molecule has 4 rings (SSSR count). The summed E-state index contributed by atoms with van der Waals surface area (Å²) in [6.07, 6.45) is 6.72. The van der Waals surface area contributed by atoms with Gasteiger partial charge < -0.3 is 14.8 Å². The van der Waals surface area contributed by atoms with Crippen molar-refractivity contribution >= 4 is 16.4 Å². The third kappa shape index (κ3) is 5.23. The van der Waals surface area contributed by atoms with Gasteiger partial charge >= 0.3 is 35.5 Å². The minimum atomic E-state index is -4.82. The third-order valence-electron chi connectivity index (χ3n) is 10.4. The SMILES string of the molecule is C[C@H](CCC(=O)O)[C@H]1CC[C@H]2[C@@H]3[C@@H](OS(=O)(=O)[O-])C[C@@H]4C[C@H](O)CC[C@]4(C)[C@H]3CC[C@]12C.[Na+]. The molecule has 0 aliphatic heterocycles. The van der Waals surface area contributed by atoms with Gasteiger partial charge in [0, 0.05) is 6.42 Å². The van der Waals surface area contributed by atoms with Gasteiger partial charge in [-0.2, -0.15) is 0 Å². The van der Waals surface area contributed by atoms with Gasteiger partial charge in [-0.15, -0.1) is 0 Å². The normalized spacial score (nSPS) is 45.8. The number of aliphatic hydroxyl groups is 1. The Hall–Kier alpha value is 0.300. The van der Waals surface area contributed by atoms with Crippen molar-refractivity contribution in [1.29, 1.82) is 0 Å². The Balaban J connectivity index is 0.00000306. The zero-order valence-electron chi connectivity index (χ0n) is 20.5. The van der Waals surface area contributed by atoms with Gasteiger partial charge in [-0.3, -0.25) is 8.98 Å². The molecule has 0 radical (unpaired) electrons. The Morgan fingerprint density at radius 3 is 2.36 bits per heavy atom. The van der Waals surface area contributed by atoms with E-state index in [4.69, 9.17) is 9.29 Å². The molecule has 33 heavy (non-hydrogen) atoms. The summed E-state index contributed by atoms with van der Waals surface area (Å²) in [5.41, 5.74) is 0.0372. The van der Waals surface area contributed by atoms with E-state index in [0.717, 1.165) is 38.5 Å². The van der Waals surface area contributed by atoms with E-state index in [1.165, 1.54) is 0 Å². The van der Waals surface area contributed by atoms with E-state index in [2.05, 4.69) is 20.8 Å². The van der Waals surface area contributed by atoms with E-state index in [0.29, 0.717) is 25.2 Å². The van der Waals surface area contributed by atoms with Gasteiger partial charge in [-0.05, 0) is 104 Å². The number of hydrogen-bond donors (Lipinski definition) is 2. The van der Waals surface area contributed by atoms with Crippen molar-refractivity contribution in [1.82, 2.24) is 0 Å². The van der Waals surface area contributed by atoms with Crippen LogP contribution in [-0.2, 0) is 19.4 Å². The van der Waals surface area contributed by atoms with Gasteiger partial charge in [-0.1, -0.05) is 20.8 Å². The molecule has 2 N–H and O–H groups in total. The smallest absolute Gasteiger partial charge is 0.726 e. The van der Waals surface area contributed by atoms with Crippen LogP contribution in [0.4, 0.5) is 0 Å². The zero-order valence-corrected chi connectivity index (χ0v) is 23.4. The maximum Gasteiger partial charge on any atom is 1.00 e. The molecule has 0 heterocycles. The van der Waals surface area contributed by atoms with E-state index in [1.807, 2.05) is 0 Å². The predicted molar refractivity (Wildman–Crippen MR) is 117 cm³/mol. The Labute approximate surface area is 220 Å². The van der Waals surface area contributed by atoms with Gasteiger partial charge in [0.05, 0.1) is 12.2 Å². The molecule has 4 aliphatic carbocycles. The summed E-state index contributed by atoms with van der Waals surface area (Å²) in [5.74, 6) is 0.663. The zero-order chi connectivity index (χ0) is 23.5. The van der Waals surface area contributed by atoms with Crippen molar-refractivity contribution in [2.45, 2.75) is 97.2 Å². The number of carbonyl (C=O) groups is 1. The standard InChI is InChI=1S/C24H40O7S.Na/c1-14(4-7-21(26)27)17-5-6-18-22-19(9-11-24(17,18)3)23(2)10-8-16(25)12-15(23)13-20(22)31-32(28,29)30;/h14-20,22,25H,4-13H2,1-3H3,(H,26,27)(H,28,29,30);/q;+1/p-1/t14-,15+,16-,17-,18+,19+,20+,22+,23+,24-;/m1./s1. The van der Waals surface area contributed by atoms with E-state index in [9.17, 15) is 22.9 Å². The molecule has 0 unspecified atom stereocenters. The minimum absolute atomic E-state index is 0. The van der Waals surface area contributed by atoms with Gasteiger partial charge in [0.2, 0.25) is 10.4 Å². The Bertz CT molecular complexity index is 835. The van der Waals surface area contributed by atoms with Crippen LogP contribution in [0.3, 0.4) is 0 Å². The molecule has 7 nitrogen and oxygen atoms in total. The molecule has 4 fully saturated rings. The van der Waals surface area contributed by atoms with Crippen molar-refractivity contribution in [3.8, 4) is 0 Å². The molecule has 0 aromatic rings. The van der Waals surface area contributed by atoms with Crippen molar-refractivity contribution in [2.75, 3.05) is 0 Å². The summed E-state index contributed by atoms with van der Waals surface area (Å²) in [7, 11) is -4.82. The largest absolute Gasteiger partial charge is 1.00 e. The Morgan fingerprint density at radius 1 is 1.09 bits per heavy atom. The number of hydrogen-bond acceptors (Lipinski definition) is 6. The van der Waals surface area contributed by atoms with Gasteiger partial charge in [0.25, 0.3) is 0 Å². The second-order valence-corrected chi connectivity index (χ2v) is 12.8. The van der Waals surface area contributed by atoms with Crippen LogP contribution in [0.15, 0.2) is 0 Å². The maximum atomic E-state index is 11.7. The van der Waals surface area contributed by atoms with Crippen LogP contribution in [0.5, 0.6) is 0 Å². The van der Waals surface area contributed by atoms with Crippen LogP contribution < -0.4 is 29.6 Å². The van der Waals surface area contributed by atoms with E-state index in [-0.39, 0.29) is 82.5 Å². The number of carboxylic acids is 1. The molecule has 0 aromatic carbocycles. The molecule has 4 aliphatic rings. The molecule has 9 heteroatoms. The fourth-order valence-electron chi connectivity index (χ4n) is 8.95. The molecule has 4 saturated carbocycles. The van der Waals surface area contributed by atoms with E-state index < -0.39 is 22.5 Å². The summed E-state index contributed by atoms with van der Waals surface area (Å²) < 4.78 is 40.3. The van der Waals surface area contributed by atoms with Crippen LogP contribution in [0.2, 0.25) is 0 Å². The van der Waals surface area contributed by atoms with Crippen LogP contribution >= 0.6 is 0 Å². The number of aliphatic hydroxyl groups excluding tert-OH is 1. The van der Waals surface area contributed by atoms with Gasteiger partial charge in [0.15, 0.2) is 0 Å². The average Bonchev–Trinajstić information content (AvgIpc) is 3.03. The predicted octanol–water partition coefficient (Wildman–Crippen LogP) is 0.966. The van der Waals surface area contributed by atoms with Crippen molar-refractivity contribution in [3.05, 3.63) is 0 Å². The fraction of sp³-hybridized carbons (Fsp3) is 0.958. The molecule has 184 valence electrons. The first kappa shape index (κ1) is 27.9. The first-order valence-electron chi connectivity index (χ1n) is 12.4. The maximum absolute atomic E-state index is 11.7. The number of aliphatic carboxylic acids is 1. The van der Waals surface area contributed by atoms with Crippen molar-refractivity contribution < 1.29 is 61.7 Å². The third-order valence-corrected chi connectivity index (χ3v) is 10.9. The molecular weight excluding hydrogens is 455 g/mol. The van der Waals surface area contributed by atoms with Crippen LogP contribution in [0, 0.1) is 46.3 Å². The Morgan fingerprint density at radius 2 is 1.73 bits per heavy atom. The minimum Gasteiger partial charge on any atom is -0.726 e. The molecule has 0 bridgehead atoms. The second-order valence-electron chi connectivity index (χ2n) is 11.8. The molecule has 0 spiro atoms. The van der Waals surface area contributed by atoms with Crippen LogP contribution in [0.1, 0.15) is 85.0 Å². The van der Waals surface area contributed by atoms with Crippen molar-refractivity contribution in [3.63, 3.8) is 0 Å². The number of carboxylic acid groups (broad SMARTS) is 1. The summed E-state index contributed by atoms with van der Waals surface area (Å²) in [6, 6.07) is 0. The number of fused-ring (bicyclic) bond motifs is 5. The summed E-state index contributed by atoms with van der Waals surface area (Å²) in [6.45, 7) is 6.78. The average molecular weight is 495 g/mol. The van der Waals surface area contributed by atoms with Crippen LogP contribution in [0.25, 0.3) is 0 Å². The second kappa shape index (κ2) is 9.98. The van der Waals surface area contributed by atoms with E-state index in [1.54, 1.807) is 0 Å². The Kier molecular flexibility index (Phi) is 8.43. The first-order valence-corrected chi connectivity index (χ1v) is 13.7. The van der Waals surface area contributed by atoms with E-state index >= 15 is 0 Å². The summed E-state index contributed by atoms with van der Waals surface area (Å²) in [4.78, 5) is 11.1. The topological polar surface area (TPSA) is 124 Å². The number of rotatable bonds is 6. The fourth-order valence-corrected chi connectivity index (χ4v) is 9.46. The molecular formula is C24H39NaO7S. The monoisotopic (exact) mass is 494 g/mol. The van der Waals surface area contributed by atoms with Gasteiger partial charge in [-0.25, -0.2) is 8.42 Å². The quantitative estimate of drug-likeness (QED) is 0.320. The molecule has 0 aromatic heterocycles. The molecule has 10 atom stereocenters. The van der Waals surface area contributed by atoms with Crippen LogP contribution in [-0.4, -0.2) is 41.4 Å². The molecule has 0 amide bonds. The molecule has 0 saturated heterocycles. The van der Waals surface area contributed by atoms with Crippen molar-refractivity contribution in [2.24, 2.45) is 46.3 Å².